The van der Waals surface area contributed by atoms with Crippen LogP contribution in [0.15, 0.2) is 4.79 Å². The third-order valence-electron chi connectivity index (χ3n) is 5.94. The van der Waals surface area contributed by atoms with Crippen LogP contribution in [0.25, 0.3) is 0 Å². The van der Waals surface area contributed by atoms with E-state index in [1.165, 1.54) is 35.5 Å². The number of esters is 1. The summed E-state index contributed by atoms with van der Waals surface area (Å²) in [6, 6.07) is 0. The second kappa shape index (κ2) is 7.49. The zero-order valence-corrected chi connectivity index (χ0v) is 17.1. The molecule has 1 aromatic rings. The van der Waals surface area contributed by atoms with E-state index in [1.54, 1.807) is 6.92 Å². The second-order valence-corrected chi connectivity index (χ2v) is 7.81. The summed E-state index contributed by atoms with van der Waals surface area (Å²) in [6.07, 6.45) is 2.46. The van der Waals surface area contributed by atoms with Gasteiger partial charge in [-0.05, 0) is 38.5 Å². The highest BCUT2D eigenvalue weighted by molar-refractivity contribution is 6.34. The summed E-state index contributed by atoms with van der Waals surface area (Å²) in [4.78, 5) is 57.2. The van der Waals surface area contributed by atoms with Crippen molar-refractivity contribution in [2.75, 3.05) is 27.7 Å². The second-order valence-electron chi connectivity index (χ2n) is 7.81. The van der Waals surface area contributed by atoms with Gasteiger partial charge in [0.25, 0.3) is 5.56 Å². The lowest BCUT2D eigenvalue weighted by molar-refractivity contribution is -0.154. The molecule has 3 aliphatic rings. The zero-order chi connectivity index (χ0) is 21.5. The SMILES string of the molecule is CCOC(=O)c1nc2n(c(=O)c1O)CC1CCC2(N(C)C(=O)C(=O)N(C)C)CC1. The van der Waals surface area contributed by atoms with Crippen molar-refractivity contribution in [2.45, 2.75) is 44.7 Å². The highest BCUT2D eigenvalue weighted by Gasteiger charge is 2.50. The summed E-state index contributed by atoms with van der Waals surface area (Å²) in [7, 11) is 4.50. The van der Waals surface area contributed by atoms with Crippen LogP contribution >= 0.6 is 0 Å². The molecule has 2 amide bonds. The lowest BCUT2D eigenvalue weighted by Gasteiger charge is -2.43. The molecule has 0 unspecified atom stereocenters. The van der Waals surface area contributed by atoms with Crippen LogP contribution in [0, 0.1) is 5.92 Å². The van der Waals surface area contributed by atoms with E-state index in [9.17, 15) is 24.3 Å². The summed E-state index contributed by atoms with van der Waals surface area (Å²) in [6.45, 7) is 2.00. The van der Waals surface area contributed by atoms with Gasteiger partial charge in [-0.15, -0.1) is 0 Å². The van der Waals surface area contributed by atoms with E-state index < -0.39 is 40.3 Å². The van der Waals surface area contributed by atoms with Gasteiger partial charge in [0.05, 0.1) is 6.61 Å². The van der Waals surface area contributed by atoms with Crippen molar-refractivity contribution in [1.82, 2.24) is 19.4 Å². The Morgan fingerprint density at radius 2 is 1.83 bits per heavy atom. The number of carbonyl (C=O) groups excluding carboxylic acids is 3. The average molecular weight is 406 g/mol. The molecule has 158 valence electrons. The molecule has 2 bridgehead atoms. The van der Waals surface area contributed by atoms with Gasteiger partial charge in [-0.3, -0.25) is 19.0 Å². The van der Waals surface area contributed by atoms with E-state index in [0.717, 1.165) is 12.8 Å². The maximum absolute atomic E-state index is 12.9. The normalized spacial score (nSPS) is 22.4. The van der Waals surface area contributed by atoms with E-state index in [-0.39, 0.29) is 18.3 Å². The van der Waals surface area contributed by atoms with Crippen molar-refractivity contribution in [2.24, 2.45) is 5.92 Å². The maximum atomic E-state index is 12.9. The molecule has 10 heteroatoms. The molecule has 0 radical (unpaired) electrons. The molecule has 29 heavy (non-hydrogen) atoms. The molecule has 0 atom stereocenters. The molecule has 4 rings (SSSR count). The van der Waals surface area contributed by atoms with E-state index in [2.05, 4.69) is 4.98 Å². The molecule has 1 aromatic heterocycles. The van der Waals surface area contributed by atoms with Crippen LogP contribution in [0.3, 0.4) is 0 Å². The van der Waals surface area contributed by atoms with Crippen molar-refractivity contribution < 1.29 is 24.2 Å². The van der Waals surface area contributed by atoms with Gasteiger partial charge in [0.1, 0.15) is 11.4 Å². The zero-order valence-electron chi connectivity index (χ0n) is 17.1. The Kier molecular flexibility index (Phi) is 5.38. The van der Waals surface area contributed by atoms with Crippen LogP contribution in [0.2, 0.25) is 0 Å². The summed E-state index contributed by atoms with van der Waals surface area (Å²) < 4.78 is 6.26. The summed E-state index contributed by atoms with van der Waals surface area (Å²) in [5.41, 5.74) is -2.23. The van der Waals surface area contributed by atoms with Crippen LogP contribution in [-0.4, -0.2) is 70.0 Å². The van der Waals surface area contributed by atoms with Crippen molar-refractivity contribution in [1.29, 1.82) is 0 Å². The Balaban J connectivity index is 2.20. The highest BCUT2D eigenvalue weighted by atomic mass is 16.5. The Morgan fingerprint density at radius 3 is 2.38 bits per heavy atom. The first-order valence-electron chi connectivity index (χ1n) is 9.64. The molecule has 1 aliphatic carbocycles. The fraction of sp³-hybridized carbons (Fsp3) is 0.632. The largest absolute Gasteiger partial charge is 0.501 e. The highest BCUT2D eigenvalue weighted by Crippen LogP contribution is 2.46. The smallest absolute Gasteiger partial charge is 0.361 e. The van der Waals surface area contributed by atoms with Crippen molar-refractivity contribution >= 4 is 17.8 Å². The van der Waals surface area contributed by atoms with Gasteiger partial charge in [0.15, 0.2) is 5.69 Å². The fourth-order valence-corrected chi connectivity index (χ4v) is 4.25. The number of hydrogen-bond donors (Lipinski definition) is 1. The summed E-state index contributed by atoms with van der Waals surface area (Å²) in [5, 5.41) is 10.3. The van der Waals surface area contributed by atoms with Gasteiger partial charge in [-0.2, -0.15) is 0 Å². The lowest BCUT2D eigenvalue weighted by Crippen LogP contribution is -2.54. The first-order chi connectivity index (χ1) is 13.6. The molecule has 10 nitrogen and oxygen atoms in total. The van der Waals surface area contributed by atoms with E-state index in [1.807, 2.05) is 0 Å². The minimum absolute atomic E-state index is 0.0569. The minimum atomic E-state index is -1.02. The van der Waals surface area contributed by atoms with Crippen LogP contribution in [0.4, 0.5) is 0 Å². The van der Waals surface area contributed by atoms with Gasteiger partial charge >= 0.3 is 17.8 Å². The van der Waals surface area contributed by atoms with Gasteiger partial charge < -0.3 is 19.6 Å². The fourth-order valence-electron chi connectivity index (χ4n) is 4.25. The molecule has 0 saturated heterocycles. The average Bonchev–Trinajstić information content (AvgIpc) is 2.96. The third kappa shape index (κ3) is 3.26. The molecule has 2 aliphatic heterocycles. The number of nitrogens with zero attached hydrogens (tertiary/aromatic N) is 4. The number of likely N-dealkylation sites (N-methyl/N-ethyl adjacent to an activating group) is 2. The van der Waals surface area contributed by atoms with Crippen LogP contribution in [-0.2, 0) is 26.4 Å². The molecule has 1 saturated carbocycles. The first kappa shape index (κ1) is 20.8. The van der Waals surface area contributed by atoms with E-state index >= 15 is 0 Å². The number of carbonyl (C=O) groups is 3. The van der Waals surface area contributed by atoms with Gasteiger partial charge in [0.2, 0.25) is 5.75 Å². The summed E-state index contributed by atoms with van der Waals surface area (Å²) in [5.74, 6) is -2.68. The van der Waals surface area contributed by atoms with E-state index in [4.69, 9.17) is 4.74 Å². The number of ether oxygens (including phenoxy) is 1. The Labute approximate surface area is 168 Å². The van der Waals surface area contributed by atoms with Crippen molar-refractivity contribution in [3.05, 3.63) is 21.9 Å². The predicted molar refractivity (Wildman–Crippen MR) is 101 cm³/mol. The van der Waals surface area contributed by atoms with Gasteiger partial charge in [0, 0.05) is 27.7 Å². The Morgan fingerprint density at radius 1 is 1.21 bits per heavy atom. The van der Waals surface area contributed by atoms with Gasteiger partial charge in [-0.1, -0.05) is 0 Å². The number of fused-ring (bicyclic) bond motifs is 2. The number of aromatic nitrogens is 2. The number of rotatable bonds is 3. The van der Waals surface area contributed by atoms with Crippen molar-refractivity contribution in [3.8, 4) is 5.75 Å². The first-order valence-corrected chi connectivity index (χ1v) is 9.64. The number of amides is 2. The molecule has 1 fully saturated rings. The van der Waals surface area contributed by atoms with E-state index in [0.29, 0.717) is 19.4 Å². The minimum Gasteiger partial charge on any atom is -0.501 e. The third-order valence-corrected chi connectivity index (χ3v) is 5.94. The standard InChI is InChI=1S/C19H26N4O6/c1-5-29-17(28)12-13(24)14(25)23-10-11-6-8-19(9-7-11,18(23)20-12)22(4)16(27)15(26)21(2)3/h11,24H,5-10H2,1-4H3. The van der Waals surface area contributed by atoms with Crippen LogP contribution in [0.5, 0.6) is 5.75 Å². The monoisotopic (exact) mass is 406 g/mol. The predicted octanol–water partition coefficient (Wildman–Crippen LogP) is 0.0713. The Bertz CT molecular complexity index is 914. The topological polar surface area (TPSA) is 122 Å². The number of hydrogen-bond acceptors (Lipinski definition) is 7. The molecule has 1 N–H and O–H groups in total. The van der Waals surface area contributed by atoms with Crippen LogP contribution < -0.4 is 5.56 Å². The maximum Gasteiger partial charge on any atom is 0.361 e. The molecule has 3 heterocycles. The molecular weight excluding hydrogens is 380 g/mol. The number of aromatic hydroxyl groups is 1. The van der Waals surface area contributed by atoms with Crippen LogP contribution in [0.1, 0.15) is 48.9 Å². The molecule has 0 aromatic carbocycles. The molecular formula is C19H26N4O6. The molecule has 0 spiro atoms. The van der Waals surface area contributed by atoms with Gasteiger partial charge in [-0.25, -0.2) is 9.78 Å². The quantitative estimate of drug-likeness (QED) is 0.557. The summed E-state index contributed by atoms with van der Waals surface area (Å²) >= 11 is 0. The lowest BCUT2D eigenvalue weighted by atomic mass is 9.76. The Hall–Kier alpha value is -2.91. The van der Waals surface area contributed by atoms with Crippen molar-refractivity contribution in [3.63, 3.8) is 0 Å².